The molecule has 0 saturated carbocycles. The van der Waals surface area contributed by atoms with Crippen molar-refractivity contribution in [3.05, 3.63) is 58.1 Å². The van der Waals surface area contributed by atoms with Crippen LogP contribution in [0.3, 0.4) is 0 Å². The molecule has 1 amide bonds. The molecule has 1 fully saturated rings. The van der Waals surface area contributed by atoms with Gasteiger partial charge in [0.25, 0.3) is 5.91 Å². The lowest BCUT2D eigenvalue weighted by Crippen LogP contribution is -2.59. The summed E-state index contributed by atoms with van der Waals surface area (Å²) >= 11 is 10.8. The molecule has 2 aromatic rings. The Labute approximate surface area is 201 Å². The second-order valence-electron chi connectivity index (χ2n) is 7.59. The fourth-order valence-electron chi connectivity index (χ4n) is 3.82. The molecule has 3 atom stereocenters. The quantitative estimate of drug-likeness (QED) is 0.437. The van der Waals surface area contributed by atoms with Crippen LogP contribution in [0.25, 0.3) is 0 Å². The van der Waals surface area contributed by atoms with Gasteiger partial charge in [-0.05, 0) is 68.3 Å². The molecular formula is C23H26Cl2N2O4S. The van der Waals surface area contributed by atoms with Crippen molar-refractivity contribution in [3.8, 4) is 0 Å². The molecular weight excluding hydrogens is 471 g/mol. The van der Waals surface area contributed by atoms with Crippen molar-refractivity contribution in [2.45, 2.75) is 37.8 Å². The largest absolute Gasteiger partial charge is 0.611 e. The molecule has 1 aliphatic heterocycles. The SMILES string of the molecule is CCOC(=O)C[S+]([O-])c1ccc(C(=O)N2CCN(c3cccc(Cl)c3)[C@@H](C)[C@@H]2C)cc1Cl. The maximum atomic E-state index is 13.2. The summed E-state index contributed by atoms with van der Waals surface area (Å²) in [5.41, 5.74) is 1.45. The minimum atomic E-state index is -1.64. The molecule has 2 aromatic carbocycles. The van der Waals surface area contributed by atoms with Crippen LogP contribution in [0.5, 0.6) is 0 Å². The number of rotatable bonds is 6. The average Bonchev–Trinajstić information content (AvgIpc) is 2.75. The summed E-state index contributed by atoms with van der Waals surface area (Å²) in [6.07, 6.45) is 0. The fourth-order valence-corrected chi connectivity index (χ4v) is 5.39. The Morgan fingerprint density at radius 1 is 1.12 bits per heavy atom. The van der Waals surface area contributed by atoms with Crippen LogP contribution >= 0.6 is 23.2 Å². The van der Waals surface area contributed by atoms with Crippen molar-refractivity contribution in [1.29, 1.82) is 0 Å². The van der Waals surface area contributed by atoms with Crippen molar-refractivity contribution in [2.24, 2.45) is 0 Å². The first-order valence-electron chi connectivity index (χ1n) is 10.4. The molecule has 172 valence electrons. The van der Waals surface area contributed by atoms with Crippen LogP contribution in [0.4, 0.5) is 5.69 Å². The minimum absolute atomic E-state index is 0.0494. The lowest BCUT2D eigenvalue weighted by atomic mass is 10.0. The van der Waals surface area contributed by atoms with E-state index < -0.39 is 17.1 Å². The van der Waals surface area contributed by atoms with Crippen molar-refractivity contribution < 1.29 is 18.9 Å². The number of piperazine rings is 1. The third kappa shape index (κ3) is 5.52. The van der Waals surface area contributed by atoms with Crippen LogP contribution in [-0.2, 0) is 20.7 Å². The summed E-state index contributed by atoms with van der Waals surface area (Å²) in [5, 5.41) is 0.868. The predicted octanol–water partition coefficient (Wildman–Crippen LogP) is 4.40. The predicted molar refractivity (Wildman–Crippen MR) is 128 cm³/mol. The first kappa shape index (κ1) is 24.7. The maximum Gasteiger partial charge on any atom is 0.356 e. The minimum Gasteiger partial charge on any atom is -0.611 e. The van der Waals surface area contributed by atoms with Gasteiger partial charge in [-0.1, -0.05) is 29.3 Å². The molecule has 1 unspecified atom stereocenters. The van der Waals surface area contributed by atoms with Crippen molar-refractivity contribution in [1.82, 2.24) is 4.90 Å². The van der Waals surface area contributed by atoms with E-state index >= 15 is 0 Å². The zero-order valence-corrected chi connectivity index (χ0v) is 20.5. The van der Waals surface area contributed by atoms with Crippen molar-refractivity contribution >= 4 is 51.9 Å². The van der Waals surface area contributed by atoms with Gasteiger partial charge in [-0.25, -0.2) is 4.79 Å². The van der Waals surface area contributed by atoms with E-state index in [0.29, 0.717) is 28.6 Å². The molecule has 32 heavy (non-hydrogen) atoms. The van der Waals surface area contributed by atoms with Gasteiger partial charge in [0.05, 0.1) is 11.6 Å². The highest BCUT2D eigenvalue weighted by Gasteiger charge is 2.34. The first-order valence-corrected chi connectivity index (χ1v) is 12.5. The normalized spacial score (nSPS) is 19.6. The number of nitrogens with zero attached hydrogens (tertiary/aromatic N) is 2. The van der Waals surface area contributed by atoms with E-state index in [2.05, 4.69) is 11.8 Å². The smallest absolute Gasteiger partial charge is 0.356 e. The van der Waals surface area contributed by atoms with Gasteiger partial charge in [0.1, 0.15) is 0 Å². The van der Waals surface area contributed by atoms with Gasteiger partial charge >= 0.3 is 5.97 Å². The Balaban J connectivity index is 1.72. The number of ether oxygens (including phenoxy) is 1. The van der Waals surface area contributed by atoms with E-state index in [-0.39, 0.29) is 35.4 Å². The second-order valence-corrected chi connectivity index (χ2v) is 9.86. The third-order valence-electron chi connectivity index (χ3n) is 5.64. The van der Waals surface area contributed by atoms with E-state index in [9.17, 15) is 14.1 Å². The molecule has 1 aliphatic rings. The number of esters is 1. The van der Waals surface area contributed by atoms with Crippen LogP contribution < -0.4 is 4.90 Å². The van der Waals surface area contributed by atoms with Gasteiger partial charge in [-0.15, -0.1) is 0 Å². The highest BCUT2D eigenvalue weighted by molar-refractivity contribution is 7.92. The summed E-state index contributed by atoms with van der Waals surface area (Å²) in [4.78, 5) is 29.2. The summed E-state index contributed by atoms with van der Waals surface area (Å²) in [6.45, 7) is 7.23. The number of carbonyl (C=O) groups is 2. The van der Waals surface area contributed by atoms with Crippen LogP contribution in [0.15, 0.2) is 47.4 Å². The number of amides is 1. The first-order chi connectivity index (χ1) is 15.2. The van der Waals surface area contributed by atoms with Crippen LogP contribution in [0.1, 0.15) is 31.1 Å². The Kier molecular flexibility index (Phi) is 8.33. The maximum absolute atomic E-state index is 13.2. The van der Waals surface area contributed by atoms with E-state index in [1.54, 1.807) is 19.1 Å². The van der Waals surface area contributed by atoms with Gasteiger partial charge in [0.15, 0.2) is 4.90 Å². The topological polar surface area (TPSA) is 72.9 Å². The number of hydrogen-bond donors (Lipinski definition) is 0. The van der Waals surface area contributed by atoms with Crippen molar-refractivity contribution in [2.75, 3.05) is 30.3 Å². The average molecular weight is 497 g/mol. The Hall–Kier alpha value is -1.93. The monoisotopic (exact) mass is 496 g/mol. The number of hydrogen-bond acceptors (Lipinski definition) is 5. The molecule has 0 aliphatic carbocycles. The van der Waals surface area contributed by atoms with E-state index in [0.717, 1.165) is 5.69 Å². The van der Waals surface area contributed by atoms with Gasteiger partial charge in [0, 0.05) is 41.4 Å². The molecule has 0 bridgehead atoms. The fraction of sp³-hybridized carbons (Fsp3) is 0.391. The molecule has 9 heteroatoms. The second kappa shape index (κ2) is 10.8. The van der Waals surface area contributed by atoms with Gasteiger partial charge < -0.3 is 19.1 Å². The molecule has 6 nitrogen and oxygen atoms in total. The molecule has 0 N–H and O–H groups in total. The summed E-state index contributed by atoms with van der Waals surface area (Å²) in [7, 11) is 0. The molecule has 0 aromatic heterocycles. The zero-order chi connectivity index (χ0) is 23.4. The number of benzene rings is 2. The van der Waals surface area contributed by atoms with Gasteiger partial charge in [0.2, 0.25) is 5.75 Å². The highest BCUT2D eigenvalue weighted by atomic mass is 35.5. The van der Waals surface area contributed by atoms with Crippen LogP contribution in [-0.4, -0.2) is 58.9 Å². The Morgan fingerprint density at radius 2 is 1.88 bits per heavy atom. The van der Waals surface area contributed by atoms with Crippen LogP contribution in [0.2, 0.25) is 10.0 Å². The molecule has 0 spiro atoms. The van der Waals surface area contributed by atoms with Crippen LogP contribution in [0, 0.1) is 0 Å². The van der Waals surface area contributed by atoms with Crippen molar-refractivity contribution in [3.63, 3.8) is 0 Å². The lowest BCUT2D eigenvalue weighted by Gasteiger charge is -2.46. The Morgan fingerprint density at radius 3 is 2.53 bits per heavy atom. The van der Waals surface area contributed by atoms with E-state index in [1.807, 2.05) is 36.1 Å². The van der Waals surface area contributed by atoms with Gasteiger partial charge in [-0.2, -0.15) is 0 Å². The summed E-state index contributed by atoms with van der Waals surface area (Å²) in [5.74, 6) is -0.969. The standard InChI is InChI=1S/C23H26Cl2N2O4S/c1-4-31-22(28)14-32(30)21-9-8-17(12-20(21)25)23(29)27-11-10-26(15(2)16(27)3)19-7-5-6-18(24)13-19/h5-9,12-13,15-16H,4,10-11,14H2,1-3H3/t15-,16-,32?/m0/s1. The number of anilines is 1. The highest BCUT2D eigenvalue weighted by Crippen LogP contribution is 2.29. The molecule has 0 radical (unpaired) electrons. The lowest BCUT2D eigenvalue weighted by molar-refractivity contribution is -0.139. The third-order valence-corrected chi connectivity index (χ3v) is 7.65. The number of halogens is 2. The zero-order valence-electron chi connectivity index (χ0n) is 18.2. The number of carbonyl (C=O) groups excluding carboxylic acids is 2. The Bertz CT molecular complexity index is 990. The van der Waals surface area contributed by atoms with Gasteiger partial charge in [-0.3, -0.25) is 4.79 Å². The molecule has 1 heterocycles. The van der Waals surface area contributed by atoms with E-state index in [4.69, 9.17) is 27.9 Å². The molecule has 1 saturated heterocycles. The summed E-state index contributed by atoms with van der Waals surface area (Å²) < 4.78 is 17.3. The molecule has 3 rings (SSSR count). The van der Waals surface area contributed by atoms with E-state index in [1.165, 1.54) is 6.07 Å². The summed E-state index contributed by atoms with van der Waals surface area (Å²) in [6, 6.07) is 12.4.